The van der Waals surface area contributed by atoms with Crippen LogP contribution in [0.4, 0.5) is 4.79 Å². The van der Waals surface area contributed by atoms with Crippen LogP contribution < -0.4 is 5.73 Å². The van der Waals surface area contributed by atoms with Crippen LogP contribution in [0.25, 0.3) is 0 Å². The van der Waals surface area contributed by atoms with Crippen LogP contribution in [0.15, 0.2) is 0 Å². The fourth-order valence-corrected chi connectivity index (χ4v) is 1.89. The lowest BCUT2D eigenvalue weighted by Crippen LogP contribution is -2.58. The van der Waals surface area contributed by atoms with Gasteiger partial charge in [-0.3, -0.25) is 9.69 Å². The highest BCUT2D eigenvalue weighted by molar-refractivity contribution is 5.86. The number of amides is 2. The van der Waals surface area contributed by atoms with E-state index in [4.69, 9.17) is 10.5 Å². The van der Waals surface area contributed by atoms with Crippen molar-refractivity contribution in [2.75, 3.05) is 26.7 Å². The summed E-state index contributed by atoms with van der Waals surface area (Å²) in [5.41, 5.74) is 4.95. The molecule has 2 N–H and O–H groups in total. The molecule has 6 nitrogen and oxygen atoms in total. The van der Waals surface area contributed by atoms with Gasteiger partial charge in [0.1, 0.15) is 11.6 Å². The van der Waals surface area contributed by atoms with Crippen molar-refractivity contribution in [2.45, 2.75) is 38.8 Å². The fraction of sp³-hybridized carbons (Fsp3) is 0.833. The van der Waals surface area contributed by atoms with E-state index < -0.39 is 17.7 Å². The van der Waals surface area contributed by atoms with Crippen molar-refractivity contribution in [3.63, 3.8) is 0 Å². The predicted molar refractivity (Wildman–Crippen MR) is 68.0 cm³/mol. The third-order valence-electron chi connectivity index (χ3n) is 2.78. The Morgan fingerprint density at radius 3 is 2.56 bits per heavy atom. The molecule has 0 aliphatic carbocycles. The zero-order valence-electron chi connectivity index (χ0n) is 11.6. The largest absolute Gasteiger partial charge is 0.444 e. The summed E-state index contributed by atoms with van der Waals surface area (Å²) in [5, 5.41) is 0. The highest BCUT2D eigenvalue weighted by Gasteiger charge is 2.37. The molecule has 6 heteroatoms. The van der Waals surface area contributed by atoms with E-state index in [1.54, 1.807) is 32.7 Å². The molecule has 0 bridgehead atoms. The molecule has 1 atom stereocenters. The van der Waals surface area contributed by atoms with E-state index >= 15 is 0 Å². The number of ether oxygens (including phenoxy) is 1. The van der Waals surface area contributed by atoms with Crippen LogP contribution >= 0.6 is 0 Å². The van der Waals surface area contributed by atoms with E-state index in [-0.39, 0.29) is 5.91 Å². The molecular formula is C12H23N3O3. The quantitative estimate of drug-likeness (QED) is 0.777. The van der Waals surface area contributed by atoms with Crippen LogP contribution in [0.2, 0.25) is 0 Å². The molecule has 18 heavy (non-hydrogen) atoms. The molecular weight excluding hydrogens is 234 g/mol. The predicted octanol–water partition coefficient (Wildman–Crippen LogP) is 0.413. The van der Waals surface area contributed by atoms with Gasteiger partial charge in [-0.1, -0.05) is 0 Å². The Bertz CT molecular complexity index is 325. The second-order valence-electron chi connectivity index (χ2n) is 5.53. The lowest BCUT2D eigenvalue weighted by molar-refractivity contribution is -0.140. The number of nitrogens with two attached hydrogens (primary N) is 1. The van der Waals surface area contributed by atoms with Crippen molar-refractivity contribution in [3.8, 4) is 0 Å². The van der Waals surface area contributed by atoms with Crippen molar-refractivity contribution < 1.29 is 14.3 Å². The zero-order chi connectivity index (χ0) is 13.9. The van der Waals surface area contributed by atoms with Crippen LogP contribution in [0.3, 0.4) is 0 Å². The Morgan fingerprint density at radius 1 is 1.44 bits per heavy atom. The van der Waals surface area contributed by atoms with Gasteiger partial charge in [-0.25, -0.2) is 4.79 Å². The van der Waals surface area contributed by atoms with Crippen molar-refractivity contribution in [3.05, 3.63) is 0 Å². The SMILES string of the molecule is CN1CCN(C(=O)OC(C)(C)C)C(CCN)C1=O. The summed E-state index contributed by atoms with van der Waals surface area (Å²) in [6.07, 6.45) is 0.0185. The van der Waals surface area contributed by atoms with Gasteiger partial charge in [-0.2, -0.15) is 0 Å². The summed E-state index contributed by atoms with van der Waals surface area (Å²) < 4.78 is 5.31. The Labute approximate surface area is 108 Å². The molecule has 0 saturated carbocycles. The highest BCUT2D eigenvalue weighted by Crippen LogP contribution is 2.17. The van der Waals surface area contributed by atoms with Gasteiger partial charge in [-0.05, 0) is 33.7 Å². The summed E-state index contributed by atoms with van der Waals surface area (Å²) in [6.45, 7) is 6.80. The van der Waals surface area contributed by atoms with E-state index in [1.165, 1.54) is 4.90 Å². The topological polar surface area (TPSA) is 75.9 Å². The molecule has 1 heterocycles. The number of hydrogen-bond donors (Lipinski definition) is 1. The number of carbonyl (C=O) groups is 2. The summed E-state index contributed by atoms with van der Waals surface area (Å²) in [6, 6.07) is -0.497. The highest BCUT2D eigenvalue weighted by atomic mass is 16.6. The molecule has 0 spiro atoms. The maximum atomic E-state index is 12.0. The van der Waals surface area contributed by atoms with Crippen molar-refractivity contribution in [2.24, 2.45) is 5.73 Å². The summed E-state index contributed by atoms with van der Waals surface area (Å²) in [4.78, 5) is 27.2. The minimum atomic E-state index is -0.559. The van der Waals surface area contributed by atoms with E-state index in [9.17, 15) is 9.59 Å². The first-order valence-electron chi connectivity index (χ1n) is 6.21. The Balaban J connectivity index is 2.78. The van der Waals surface area contributed by atoms with Crippen LogP contribution in [0.5, 0.6) is 0 Å². The van der Waals surface area contributed by atoms with Gasteiger partial charge in [0.15, 0.2) is 0 Å². The second-order valence-corrected chi connectivity index (χ2v) is 5.53. The van der Waals surface area contributed by atoms with Crippen LogP contribution in [-0.4, -0.2) is 60.1 Å². The number of likely N-dealkylation sites (N-methyl/N-ethyl adjacent to an activating group) is 1. The molecule has 1 saturated heterocycles. The van der Waals surface area contributed by atoms with Crippen LogP contribution in [0, 0.1) is 0 Å². The molecule has 1 aliphatic rings. The number of piperazine rings is 1. The van der Waals surface area contributed by atoms with Gasteiger partial charge in [-0.15, -0.1) is 0 Å². The van der Waals surface area contributed by atoms with E-state index in [0.29, 0.717) is 26.1 Å². The fourth-order valence-electron chi connectivity index (χ4n) is 1.89. The molecule has 0 radical (unpaired) electrons. The minimum Gasteiger partial charge on any atom is -0.444 e. The number of nitrogens with zero attached hydrogens (tertiary/aromatic N) is 2. The van der Waals surface area contributed by atoms with E-state index in [0.717, 1.165) is 0 Å². The van der Waals surface area contributed by atoms with E-state index in [1.807, 2.05) is 0 Å². The summed E-state index contributed by atoms with van der Waals surface area (Å²) in [5.74, 6) is -0.0717. The standard InChI is InChI=1S/C12H23N3O3/c1-12(2,3)18-11(17)15-8-7-14(4)10(16)9(15)5-6-13/h9H,5-8,13H2,1-4H3. The maximum Gasteiger partial charge on any atom is 0.411 e. The molecule has 0 aromatic rings. The molecule has 1 fully saturated rings. The lowest BCUT2D eigenvalue weighted by Gasteiger charge is -2.39. The monoisotopic (exact) mass is 257 g/mol. The smallest absolute Gasteiger partial charge is 0.411 e. The Kier molecular flexibility index (Phi) is 4.56. The maximum absolute atomic E-state index is 12.0. The molecule has 1 aliphatic heterocycles. The van der Waals surface area contributed by atoms with Crippen molar-refractivity contribution in [1.29, 1.82) is 0 Å². The molecule has 1 unspecified atom stereocenters. The summed E-state index contributed by atoms with van der Waals surface area (Å²) in [7, 11) is 1.73. The van der Waals surface area contributed by atoms with Crippen molar-refractivity contribution >= 4 is 12.0 Å². The lowest BCUT2D eigenvalue weighted by atomic mass is 10.1. The number of carbonyl (C=O) groups excluding carboxylic acids is 2. The minimum absolute atomic E-state index is 0.0717. The normalized spacial score (nSPS) is 21.2. The molecule has 2 amide bonds. The van der Waals surface area contributed by atoms with Crippen LogP contribution in [-0.2, 0) is 9.53 Å². The number of hydrogen-bond acceptors (Lipinski definition) is 4. The van der Waals surface area contributed by atoms with Crippen molar-refractivity contribution in [1.82, 2.24) is 9.80 Å². The Hall–Kier alpha value is -1.30. The van der Waals surface area contributed by atoms with Gasteiger partial charge in [0.25, 0.3) is 0 Å². The molecule has 0 aromatic heterocycles. The summed E-state index contributed by atoms with van der Waals surface area (Å²) >= 11 is 0. The third-order valence-corrected chi connectivity index (χ3v) is 2.78. The zero-order valence-corrected chi connectivity index (χ0v) is 11.6. The second kappa shape index (κ2) is 5.56. The van der Waals surface area contributed by atoms with Gasteiger partial charge in [0.05, 0.1) is 0 Å². The third kappa shape index (κ3) is 3.60. The molecule has 1 rings (SSSR count). The van der Waals surface area contributed by atoms with E-state index in [2.05, 4.69) is 0 Å². The average molecular weight is 257 g/mol. The first-order valence-corrected chi connectivity index (χ1v) is 6.21. The van der Waals surface area contributed by atoms with Crippen LogP contribution in [0.1, 0.15) is 27.2 Å². The first kappa shape index (κ1) is 14.8. The average Bonchev–Trinajstić information content (AvgIpc) is 2.22. The van der Waals surface area contributed by atoms with Gasteiger partial charge >= 0.3 is 6.09 Å². The molecule has 104 valence electrons. The number of rotatable bonds is 2. The Morgan fingerprint density at radius 2 is 2.06 bits per heavy atom. The van der Waals surface area contributed by atoms with Gasteiger partial charge in [0.2, 0.25) is 5.91 Å². The van der Waals surface area contributed by atoms with Gasteiger partial charge < -0.3 is 15.4 Å². The van der Waals surface area contributed by atoms with Gasteiger partial charge in [0, 0.05) is 20.1 Å². The first-order chi connectivity index (χ1) is 8.26. The molecule has 0 aromatic carbocycles.